The number of anilines is 1. The van der Waals surface area contributed by atoms with Crippen molar-refractivity contribution < 1.29 is 9.59 Å². The first-order valence-corrected chi connectivity index (χ1v) is 24.9. The largest absolute Gasteiger partial charge is 0.326 e. The van der Waals surface area contributed by atoms with Crippen LogP contribution in [0.1, 0.15) is 249 Å². The summed E-state index contributed by atoms with van der Waals surface area (Å²) in [6.45, 7) is 6.86. The lowest BCUT2D eigenvalue weighted by molar-refractivity contribution is -0.116. The van der Waals surface area contributed by atoms with Gasteiger partial charge in [0.1, 0.15) is 11.5 Å². The molecule has 52 heavy (non-hydrogen) atoms. The molecular weight excluding hydrogens is 655 g/mol. The summed E-state index contributed by atoms with van der Waals surface area (Å²) in [5.41, 5.74) is 1.61. The van der Waals surface area contributed by atoms with Gasteiger partial charge >= 0.3 is 0 Å². The van der Waals surface area contributed by atoms with Gasteiger partial charge in [0, 0.05) is 17.7 Å². The number of hydrogen-bond acceptors (Lipinski definition) is 2. The second-order valence-corrected chi connectivity index (χ2v) is 18.4. The smallest absolute Gasteiger partial charge is 0.224 e. The van der Waals surface area contributed by atoms with E-state index < -0.39 is 0 Å². The molecule has 0 heterocycles. The molecule has 0 aliphatic rings. The van der Waals surface area contributed by atoms with Gasteiger partial charge in [0.05, 0.1) is 0 Å². The minimum Gasteiger partial charge on any atom is -0.326 e. The Balaban J connectivity index is 2.34. The van der Waals surface area contributed by atoms with Crippen LogP contribution >= 0.6 is 0 Å². The van der Waals surface area contributed by atoms with Crippen molar-refractivity contribution >= 4 is 28.3 Å². The Labute approximate surface area is 328 Å². The fourth-order valence-electron chi connectivity index (χ4n) is 7.37. The Kier molecular flexibility index (Phi) is 35.6. The zero-order chi connectivity index (χ0) is 37.6. The van der Waals surface area contributed by atoms with Gasteiger partial charge in [-0.25, -0.2) is 0 Å². The van der Waals surface area contributed by atoms with E-state index in [1.807, 2.05) is 24.3 Å². The third-order valence-electron chi connectivity index (χ3n) is 10.9. The van der Waals surface area contributed by atoms with Crippen LogP contribution in [0.3, 0.4) is 0 Å². The third-order valence-corrected chi connectivity index (χ3v) is 13.3. The number of carbonyl (C=O) groups excluding carboxylic acids is 2. The van der Waals surface area contributed by atoms with E-state index in [1.165, 1.54) is 211 Å². The van der Waals surface area contributed by atoms with Crippen molar-refractivity contribution in [2.75, 3.05) is 22.6 Å². The van der Waals surface area contributed by atoms with Crippen LogP contribution in [-0.2, 0) is 15.7 Å². The lowest BCUT2D eigenvalue weighted by atomic mass is 10.0. The molecule has 1 N–H and O–H groups in total. The van der Waals surface area contributed by atoms with Gasteiger partial charge in [-0.2, -0.15) is 0 Å². The number of ketones is 1. The standard InChI is InChI=1S/C48H87NO2S/c1-4-7-10-13-16-19-22-23-24-25-28-31-34-37-48(51)49-46-40-38-45(39-41-46)47(50)44-52(42-35-32-29-26-20-17-14-11-8-5-2)43-36-33-30-27-21-18-15-12-9-6-3/h38-41H,4-37,42-44H2,1-3H3/p+1. The maximum atomic E-state index is 13.4. The summed E-state index contributed by atoms with van der Waals surface area (Å²) in [5.74, 6) is 3.50. The molecule has 0 fully saturated rings. The molecule has 0 aliphatic heterocycles. The van der Waals surface area contributed by atoms with Crippen molar-refractivity contribution in [3.05, 3.63) is 29.8 Å². The highest BCUT2D eigenvalue weighted by Gasteiger charge is 2.23. The van der Waals surface area contributed by atoms with Crippen LogP contribution in [-0.4, -0.2) is 28.9 Å². The van der Waals surface area contributed by atoms with Gasteiger partial charge in [0.15, 0.2) is 5.75 Å². The molecule has 1 rings (SSSR count). The highest BCUT2D eigenvalue weighted by atomic mass is 32.2. The Bertz CT molecular complexity index is 891. The number of hydrogen-bond donors (Lipinski definition) is 1. The van der Waals surface area contributed by atoms with Crippen LogP contribution in [0.2, 0.25) is 0 Å². The Morgan fingerprint density at radius 3 is 1.08 bits per heavy atom. The van der Waals surface area contributed by atoms with Gasteiger partial charge in [-0.05, 0) is 67.3 Å². The molecule has 0 radical (unpaired) electrons. The average Bonchev–Trinajstić information content (AvgIpc) is 3.15. The summed E-state index contributed by atoms with van der Waals surface area (Å²) in [7, 11) is 0.175. The Morgan fingerprint density at radius 2 is 0.731 bits per heavy atom. The number of Topliss-reactive ketones (excluding diaryl/α,β-unsaturated/α-hetero) is 1. The minimum atomic E-state index is 0.0941. The quantitative estimate of drug-likeness (QED) is 0.0413. The molecule has 3 nitrogen and oxygen atoms in total. The van der Waals surface area contributed by atoms with Crippen molar-refractivity contribution in [3.8, 4) is 0 Å². The fourth-order valence-corrected chi connectivity index (χ4v) is 9.62. The predicted octanol–water partition coefficient (Wildman–Crippen LogP) is 15.7. The summed E-state index contributed by atoms with van der Waals surface area (Å²) in [6, 6.07) is 7.73. The molecule has 302 valence electrons. The molecular formula is C48H88NO2S+. The SMILES string of the molecule is CCCCCCCCCCCCCCCC(=O)Nc1ccc(C(=O)C[S+](CCCCCCCCCCCC)CCCCCCCCCCCC)cc1. The number of nitrogens with one attached hydrogen (secondary N) is 1. The number of carbonyl (C=O) groups is 2. The van der Waals surface area contributed by atoms with Crippen molar-refractivity contribution in [1.29, 1.82) is 0 Å². The van der Waals surface area contributed by atoms with Gasteiger partial charge in [0.25, 0.3) is 0 Å². The molecule has 0 spiro atoms. The maximum Gasteiger partial charge on any atom is 0.224 e. The van der Waals surface area contributed by atoms with Crippen LogP contribution in [0.4, 0.5) is 5.69 Å². The first-order chi connectivity index (χ1) is 25.6. The second kappa shape index (κ2) is 38.0. The minimum absolute atomic E-state index is 0.0941. The molecule has 0 bridgehead atoms. The van der Waals surface area contributed by atoms with Gasteiger partial charge in [-0.15, -0.1) is 0 Å². The van der Waals surface area contributed by atoms with Crippen molar-refractivity contribution in [2.45, 2.75) is 239 Å². The molecule has 0 saturated carbocycles. The molecule has 1 amide bonds. The highest BCUT2D eigenvalue weighted by molar-refractivity contribution is 7.97. The summed E-state index contributed by atoms with van der Waals surface area (Å²) in [6.07, 6.45) is 44.9. The van der Waals surface area contributed by atoms with Gasteiger partial charge in [-0.3, -0.25) is 9.59 Å². The average molecular weight is 743 g/mol. The fraction of sp³-hybridized carbons (Fsp3) is 0.833. The predicted molar refractivity (Wildman–Crippen MR) is 235 cm³/mol. The van der Waals surface area contributed by atoms with Gasteiger partial charge < -0.3 is 5.32 Å². The topological polar surface area (TPSA) is 46.2 Å². The van der Waals surface area contributed by atoms with E-state index in [4.69, 9.17) is 0 Å². The molecule has 1 aromatic rings. The first-order valence-electron chi connectivity index (χ1n) is 23.2. The van der Waals surface area contributed by atoms with Crippen LogP contribution in [0, 0.1) is 0 Å². The normalized spacial score (nSPS) is 11.5. The third kappa shape index (κ3) is 31.1. The molecule has 1 aromatic carbocycles. The van der Waals surface area contributed by atoms with E-state index >= 15 is 0 Å². The molecule has 0 aromatic heterocycles. The summed E-state index contributed by atoms with van der Waals surface area (Å²) in [5, 5.41) is 3.07. The van der Waals surface area contributed by atoms with Crippen molar-refractivity contribution in [3.63, 3.8) is 0 Å². The molecule has 0 saturated heterocycles. The lowest BCUT2D eigenvalue weighted by Gasteiger charge is -2.10. The van der Waals surface area contributed by atoms with Crippen LogP contribution in [0.25, 0.3) is 0 Å². The zero-order valence-corrected chi connectivity index (χ0v) is 36.0. The number of unbranched alkanes of at least 4 members (excludes halogenated alkanes) is 30. The lowest BCUT2D eigenvalue weighted by Crippen LogP contribution is -2.23. The van der Waals surface area contributed by atoms with E-state index in [0.29, 0.717) is 12.2 Å². The maximum absolute atomic E-state index is 13.4. The zero-order valence-electron chi connectivity index (χ0n) is 35.2. The van der Waals surface area contributed by atoms with E-state index in [1.54, 1.807) is 0 Å². The van der Waals surface area contributed by atoms with Crippen LogP contribution < -0.4 is 5.32 Å². The van der Waals surface area contributed by atoms with E-state index in [-0.39, 0.29) is 22.6 Å². The van der Waals surface area contributed by atoms with E-state index in [0.717, 1.165) is 24.1 Å². The number of amides is 1. The van der Waals surface area contributed by atoms with E-state index in [2.05, 4.69) is 26.1 Å². The second-order valence-electron chi connectivity index (χ2n) is 16.1. The van der Waals surface area contributed by atoms with E-state index in [9.17, 15) is 9.59 Å². The summed E-state index contributed by atoms with van der Waals surface area (Å²) < 4.78 is 0. The van der Waals surface area contributed by atoms with Gasteiger partial charge in [-0.1, -0.05) is 201 Å². The Morgan fingerprint density at radius 1 is 0.423 bits per heavy atom. The monoisotopic (exact) mass is 743 g/mol. The first kappa shape index (κ1) is 48.7. The van der Waals surface area contributed by atoms with Crippen LogP contribution in [0.5, 0.6) is 0 Å². The summed E-state index contributed by atoms with van der Waals surface area (Å²) in [4.78, 5) is 26.0. The number of rotatable bonds is 40. The molecule has 0 atom stereocenters. The van der Waals surface area contributed by atoms with Crippen LogP contribution in [0.15, 0.2) is 24.3 Å². The van der Waals surface area contributed by atoms with Crippen molar-refractivity contribution in [1.82, 2.24) is 0 Å². The molecule has 4 heteroatoms. The molecule has 0 aliphatic carbocycles. The number of benzene rings is 1. The summed E-state index contributed by atoms with van der Waals surface area (Å²) >= 11 is 0. The highest BCUT2D eigenvalue weighted by Crippen LogP contribution is 2.18. The molecule has 0 unspecified atom stereocenters. The van der Waals surface area contributed by atoms with Gasteiger partial charge in [0.2, 0.25) is 11.7 Å². The van der Waals surface area contributed by atoms with Crippen molar-refractivity contribution in [2.24, 2.45) is 0 Å². The Hall–Kier alpha value is -1.29.